The zero-order valence-corrected chi connectivity index (χ0v) is 27.7. The van der Waals surface area contributed by atoms with Crippen molar-refractivity contribution in [1.82, 2.24) is 0 Å². The maximum Gasteiger partial charge on any atom is 0.310 e. The summed E-state index contributed by atoms with van der Waals surface area (Å²) in [6, 6.07) is 18.6. The Bertz CT molecular complexity index is 1630. The fourth-order valence-electron chi connectivity index (χ4n) is 7.18. The molecule has 3 aromatic carbocycles. The molecule has 0 spiro atoms. The summed E-state index contributed by atoms with van der Waals surface area (Å²) >= 11 is 1.20. The first kappa shape index (κ1) is 34.0. The van der Waals surface area contributed by atoms with Crippen LogP contribution in [0.4, 0.5) is 0 Å². The molecule has 0 radical (unpaired) electrons. The van der Waals surface area contributed by atoms with Gasteiger partial charge in [0.2, 0.25) is 6.29 Å². The lowest BCUT2D eigenvalue weighted by atomic mass is 9.70. The number of benzene rings is 3. The third kappa shape index (κ3) is 5.57. The van der Waals surface area contributed by atoms with E-state index >= 15 is 0 Å². The molecule has 2 heterocycles. The fraction of sp³-hybridized carbons (Fsp3) is 0.429. The number of aliphatic hydroxyl groups is 2. The number of thioether (sulfide) groups is 1. The average Bonchev–Trinajstić information content (AvgIpc) is 3.46. The number of aliphatic carboxylic acids is 1. The molecule has 1 aliphatic carbocycles. The van der Waals surface area contributed by atoms with Crippen LogP contribution in [0.25, 0.3) is 0 Å². The van der Waals surface area contributed by atoms with Crippen molar-refractivity contribution < 1.29 is 58.1 Å². The van der Waals surface area contributed by atoms with Gasteiger partial charge in [-0.3, -0.25) is 9.59 Å². The van der Waals surface area contributed by atoms with Crippen LogP contribution < -0.4 is 18.9 Å². The van der Waals surface area contributed by atoms with Gasteiger partial charge < -0.3 is 48.5 Å². The lowest BCUT2D eigenvalue weighted by molar-refractivity contribution is -0.312. The smallest absolute Gasteiger partial charge is 0.310 e. The number of aliphatic hydroxyl groups excluding tert-OH is 1. The minimum absolute atomic E-state index is 0.00710. The van der Waals surface area contributed by atoms with Gasteiger partial charge in [0.05, 0.1) is 38.4 Å². The van der Waals surface area contributed by atoms with Gasteiger partial charge in [0, 0.05) is 37.8 Å². The summed E-state index contributed by atoms with van der Waals surface area (Å²) in [4.78, 5) is 24.3. The molecule has 2 fully saturated rings. The lowest BCUT2D eigenvalue weighted by Gasteiger charge is -2.40. The predicted octanol–water partition coefficient (Wildman–Crippen LogP) is 3.80. The van der Waals surface area contributed by atoms with E-state index in [1.54, 1.807) is 54.6 Å². The van der Waals surface area contributed by atoms with Crippen LogP contribution in [0.3, 0.4) is 0 Å². The van der Waals surface area contributed by atoms with Crippen LogP contribution in [0.2, 0.25) is 0 Å². The van der Waals surface area contributed by atoms with Gasteiger partial charge in [0.25, 0.3) is 6.29 Å². The van der Waals surface area contributed by atoms with Crippen LogP contribution >= 0.6 is 11.8 Å². The maximum atomic E-state index is 12.9. The molecular formula is C35H38O12S. The van der Waals surface area contributed by atoms with E-state index in [0.717, 1.165) is 0 Å². The van der Waals surface area contributed by atoms with Crippen LogP contribution in [0.5, 0.6) is 23.0 Å². The molecule has 0 bridgehead atoms. The normalized spacial score (nSPS) is 30.5. The quantitative estimate of drug-likeness (QED) is 0.268. The molecule has 3 N–H and O–H groups in total. The monoisotopic (exact) mass is 682 g/mol. The Kier molecular flexibility index (Phi) is 9.62. The average molecular weight is 683 g/mol. The third-order valence-corrected chi connectivity index (χ3v) is 10.1. The van der Waals surface area contributed by atoms with Gasteiger partial charge in [-0.05, 0) is 29.7 Å². The summed E-state index contributed by atoms with van der Waals surface area (Å²) in [6.45, 7) is 1.75. The molecule has 12 nitrogen and oxygen atoms in total. The number of carboxylic acid groups (broad SMARTS) is 1. The Hall–Kier alpha value is -3.85. The van der Waals surface area contributed by atoms with Gasteiger partial charge in [0.15, 0.2) is 16.3 Å². The number of ether oxygens (including phenoxy) is 7. The van der Waals surface area contributed by atoms with E-state index in [4.69, 9.17) is 33.2 Å². The van der Waals surface area contributed by atoms with E-state index in [-0.39, 0.29) is 40.6 Å². The number of carbonyl (C=O) groups is 2. The van der Waals surface area contributed by atoms with E-state index < -0.39 is 47.7 Å². The lowest BCUT2D eigenvalue weighted by Crippen LogP contribution is -2.52. The highest BCUT2D eigenvalue weighted by molar-refractivity contribution is 8.13. The summed E-state index contributed by atoms with van der Waals surface area (Å²) in [5.74, 6) is -2.32. The van der Waals surface area contributed by atoms with E-state index in [1.165, 1.54) is 52.1 Å². The molecule has 13 heteroatoms. The highest BCUT2D eigenvalue weighted by Crippen LogP contribution is 2.70. The minimum Gasteiger partial charge on any atom is -0.497 e. The second-order valence-electron chi connectivity index (χ2n) is 11.8. The van der Waals surface area contributed by atoms with E-state index in [0.29, 0.717) is 29.1 Å². The van der Waals surface area contributed by atoms with Crippen LogP contribution in [-0.2, 0) is 35.0 Å². The molecule has 0 aromatic heterocycles. The summed E-state index contributed by atoms with van der Waals surface area (Å²) in [6.07, 6.45) is -3.55. The number of hydrogen-bond acceptors (Lipinski definition) is 12. The Morgan fingerprint density at radius 2 is 1.71 bits per heavy atom. The number of fused-ring (bicyclic) bond motifs is 3. The summed E-state index contributed by atoms with van der Waals surface area (Å²) in [7, 11) is 4.37. The molecule has 48 heavy (non-hydrogen) atoms. The van der Waals surface area contributed by atoms with E-state index in [2.05, 4.69) is 0 Å². The Labute approximate surface area is 281 Å². The number of hydrogen-bond donors (Lipinski definition) is 3. The molecule has 8 atom stereocenters. The molecule has 1 saturated heterocycles. The molecule has 1 saturated carbocycles. The van der Waals surface area contributed by atoms with Gasteiger partial charge in [-0.25, -0.2) is 0 Å². The summed E-state index contributed by atoms with van der Waals surface area (Å²) < 4.78 is 41.7. The summed E-state index contributed by atoms with van der Waals surface area (Å²) in [5, 5.41) is 35.4. The van der Waals surface area contributed by atoms with Crippen LogP contribution in [0, 0.1) is 5.92 Å². The Morgan fingerprint density at radius 1 is 0.979 bits per heavy atom. The largest absolute Gasteiger partial charge is 0.497 e. The molecular weight excluding hydrogens is 644 g/mol. The van der Waals surface area contributed by atoms with Crippen molar-refractivity contribution in [3.05, 3.63) is 83.4 Å². The molecule has 2 aliphatic heterocycles. The zero-order chi connectivity index (χ0) is 34.2. The van der Waals surface area contributed by atoms with Crippen molar-refractivity contribution in [2.45, 2.75) is 55.3 Å². The minimum atomic E-state index is -2.30. The zero-order valence-electron chi connectivity index (χ0n) is 26.9. The molecule has 3 aromatic rings. The van der Waals surface area contributed by atoms with Crippen molar-refractivity contribution >= 4 is 22.8 Å². The third-order valence-electron chi connectivity index (χ3n) is 9.23. The second-order valence-corrected chi connectivity index (χ2v) is 13.1. The van der Waals surface area contributed by atoms with Crippen molar-refractivity contribution in [3.63, 3.8) is 0 Å². The summed E-state index contributed by atoms with van der Waals surface area (Å²) in [5.41, 5.74) is -3.10. The molecule has 0 amide bonds. The first-order chi connectivity index (χ1) is 23.1. The topological polar surface area (TPSA) is 159 Å². The maximum absolute atomic E-state index is 12.9. The van der Waals surface area contributed by atoms with Crippen molar-refractivity contribution in [3.8, 4) is 23.0 Å². The number of rotatable bonds is 11. The first-order valence-electron chi connectivity index (χ1n) is 15.4. The van der Waals surface area contributed by atoms with Crippen LogP contribution in [0.15, 0.2) is 66.7 Å². The van der Waals surface area contributed by atoms with Crippen LogP contribution in [0.1, 0.15) is 36.0 Å². The second kappa shape index (κ2) is 13.6. The molecule has 3 aliphatic rings. The first-order valence-corrected chi connectivity index (χ1v) is 16.4. The Balaban J connectivity index is 1.45. The number of methoxy groups -OCH3 is 3. The van der Waals surface area contributed by atoms with Gasteiger partial charge in [-0.2, -0.15) is 0 Å². The SMILES string of the molecule is COc1ccc([C@@]23Oc4cc(O[C@@H]5O[C@@H](CCSC(C)=O)CO[C@H]5OC)cc(OC)c4[C@]2(O)[C@H](O)[C@H](C(=O)O)[C@H]3c2ccccc2)cc1. The van der Waals surface area contributed by atoms with Crippen molar-refractivity contribution in [2.24, 2.45) is 5.92 Å². The Morgan fingerprint density at radius 3 is 2.33 bits per heavy atom. The van der Waals surface area contributed by atoms with Crippen molar-refractivity contribution in [2.75, 3.05) is 33.7 Å². The molecule has 0 unspecified atom stereocenters. The fourth-order valence-corrected chi connectivity index (χ4v) is 7.85. The van der Waals surface area contributed by atoms with E-state index in [9.17, 15) is 24.9 Å². The van der Waals surface area contributed by atoms with Crippen molar-refractivity contribution in [1.29, 1.82) is 0 Å². The molecule has 256 valence electrons. The van der Waals surface area contributed by atoms with Gasteiger partial charge in [-0.1, -0.05) is 54.2 Å². The van der Waals surface area contributed by atoms with Gasteiger partial charge in [0.1, 0.15) is 29.1 Å². The number of carbonyl (C=O) groups excluding carboxylic acids is 1. The standard InChI is InChI=1S/C35H38O12S/c1-19(36)48-15-14-23-18-44-32(43-4)33(45-23)46-24-16-25(42-3)29-26(17-24)47-35(21-10-12-22(41-2)13-11-21)28(20-8-6-5-7-9-20)27(31(38)39)30(37)34(29,35)40/h5-13,16-17,23,27-28,30,32-33,37,40H,14-15,18H2,1-4H3,(H,38,39)/t23-,27+,28+,30+,32+,33-,34-,35-/m0/s1. The van der Waals surface area contributed by atoms with Crippen LogP contribution in [-0.4, -0.2) is 84.9 Å². The highest BCUT2D eigenvalue weighted by Gasteiger charge is 2.78. The van der Waals surface area contributed by atoms with Gasteiger partial charge in [-0.15, -0.1) is 0 Å². The van der Waals surface area contributed by atoms with E-state index in [1.807, 2.05) is 0 Å². The van der Waals surface area contributed by atoms with Gasteiger partial charge >= 0.3 is 5.97 Å². The predicted molar refractivity (Wildman–Crippen MR) is 172 cm³/mol. The highest BCUT2D eigenvalue weighted by atomic mass is 32.2. The number of carboxylic acids is 1. The molecule has 6 rings (SSSR count).